The SMILES string of the molecule is CC(CCc1ccccc1)c1ccccc1-c1ccccc1. The second-order valence-corrected chi connectivity index (χ2v) is 5.88. The first-order valence-corrected chi connectivity index (χ1v) is 8.03. The quantitative estimate of drug-likeness (QED) is 0.532. The van der Waals surface area contributed by atoms with Crippen molar-refractivity contribution in [3.63, 3.8) is 0 Å². The van der Waals surface area contributed by atoms with Crippen LogP contribution in [0.3, 0.4) is 0 Å². The van der Waals surface area contributed by atoms with Gasteiger partial charge in [-0.3, -0.25) is 0 Å². The standard InChI is InChI=1S/C22H22/c1-18(16-17-19-10-4-2-5-11-19)21-14-8-9-15-22(21)20-12-6-3-7-13-20/h2-15,18H,16-17H2,1H3. The zero-order chi connectivity index (χ0) is 15.2. The molecule has 22 heavy (non-hydrogen) atoms. The fourth-order valence-corrected chi connectivity index (χ4v) is 2.99. The van der Waals surface area contributed by atoms with Crippen molar-refractivity contribution in [1.82, 2.24) is 0 Å². The van der Waals surface area contributed by atoms with Crippen molar-refractivity contribution in [1.29, 1.82) is 0 Å². The van der Waals surface area contributed by atoms with Crippen LogP contribution in [0.4, 0.5) is 0 Å². The minimum absolute atomic E-state index is 0.552. The summed E-state index contributed by atoms with van der Waals surface area (Å²) in [5, 5.41) is 0. The zero-order valence-electron chi connectivity index (χ0n) is 13.1. The summed E-state index contributed by atoms with van der Waals surface area (Å²) in [5.74, 6) is 0.552. The summed E-state index contributed by atoms with van der Waals surface area (Å²) in [6, 6.07) is 30.3. The molecular weight excluding hydrogens is 264 g/mol. The van der Waals surface area contributed by atoms with E-state index in [4.69, 9.17) is 0 Å². The molecule has 0 spiro atoms. The van der Waals surface area contributed by atoms with Crippen LogP contribution in [0.15, 0.2) is 84.9 Å². The Balaban J connectivity index is 1.80. The van der Waals surface area contributed by atoms with E-state index >= 15 is 0 Å². The molecule has 0 aliphatic carbocycles. The van der Waals surface area contributed by atoms with E-state index in [1.807, 2.05) is 0 Å². The highest BCUT2D eigenvalue weighted by molar-refractivity contribution is 5.67. The highest BCUT2D eigenvalue weighted by Crippen LogP contribution is 2.31. The molecule has 3 rings (SSSR count). The van der Waals surface area contributed by atoms with Crippen LogP contribution in [0.25, 0.3) is 11.1 Å². The fourth-order valence-electron chi connectivity index (χ4n) is 2.99. The lowest BCUT2D eigenvalue weighted by Crippen LogP contribution is -1.99. The third-order valence-electron chi connectivity index (χ3n) is 4.29. The van der Waals surface area contributed by atoms with E-state index in [0.717, 1.165) is 6.42 Å². The van der Waals surface area contributed by atoms with Gasteiger partial charge < -0.3 is 0 Å². The van der Waals surface area contributed by atoms with Crippen LogP contribution < -0.4 is 0 Å². The first-order chi connectivity index (χ1) is 10.8. The maximum Gasteiger partial charge on any atom is -0.0149 e. The molecule has 0 radical (unpaired) electrons. The summed E-state index contributed by atoms with van der Waals surface area (Å²) < 4.78 is 0. The van der Waals surface area contributed by atoms with E-state index in [0.29, 0.717) is 5.92 Å². The second-order valence-electron chi connectivity index (χ2n) is 5.88. The summed E-state index contributed by atoms with van der Waals surface area (Å²) in [4.78, 5) is 0. The lowest BCUT2D eigenvalue weighted by molar-refractivity contribution is 0.681. The molecule has 0 N–H and O–H groups in total. The van der Waals surface area contributed by atoms with Crippen LogP contribution in [0.5, 0.6) is 0 Å². The van der Waals surface area contributed by atoms with Gasteiger partial charge >= 0.3 is 0 Å². The summed E-state index contributed by atoms with van der Waals surface area (Å²) >= 11 is 0. The molecule has 1 atom stereocenters. The first-order valence-electron chi connectivity index (χ1n) is 8.03. The molecule has 3 aromatic rings. The molecule has 0 fully saturated rings. The Kier molecular flexibility index (Phi) is 4.70. The van der Waals surface area contributed by atoms with Crippen LogP contribution in [-0.2, 0) is 6.42 Å². The summed E-state index contributed by atoms with van der Waals surface area (Å²) in [6.45, 7) is 2.34. The van der Waals surface area contributed by atoms with Gasteiger partial charge in [0.2, 0.25) is 0 Å². The highest BCUT2D eigenvalue weighted by Gasteiger charge is 2.11. The van der Waals surface area contributed by atoms with Gasteiger partial charge in [0.15, 0.2) is 0 Å². The number of hydrogen-bond acceptors (Lipinski definition) is 0. The van der Waals surface area contributed by atoms with Crippen molar-refractivity contribution in [2.24, 2.45) is 0 Å². The van der Waals surface area contributed by atoms with Crippen LogP contribution in [0.1, 0.15) is 30.4 Å². The Morgan fingerprint density at radius 2 is 1.27 bits per heavy atom. The van der Waals surface area contributed by atoms with Crippen molar-refractivity contribution in [3.05, 3.63) is 96.1 Å². The van der Waals surface area contributed by atoms with Gasteiger partial charge in [-0.2, -0.15) is 0 Å². The van der Waals surface area contributed by atoms with Crippen molar-refractivity contribution < 1.29 is 0 Å². The van der Waals surface area contributed by atoms with Crippen LogP contribution >= 0.6 is 0 Å². The molecule has 0 aromatic heterocycles. The third-order valence-corrected chi connectivity index (χ3v) is 4.29. The van der Waals surface area contributed by atoms with Gasteiger partial charge in [0.1, 0.15) is 0 Å². The Morgan fingerprint density at radius 3 is 2.00 bits per heavy atom. The van der Waals surface area contributed by atoms with Crippen molar-refractivity contribution in [2.75, 3.05) is 0 Å². The highest BCUT2D eigenvalue weighted by atomic mass is 14.2. The van der Waals surface area contributed by atoms with Crippen LogP contribution in [0.2, 0.25) is 0 Å². The normalized spacial score (nSPS) is 12.0. The molecule has 0 aliphatic heterocycles. The van der Waals surface area contributed by atoms with Crippen molar-refractivity contribution in [2.45, 2.75) is 25.7 Å². The van der Waals surface area contributed by atoms with E-state index in [2.05, 4.69) is 91.9 Å². The third kappa shape index (κ3) is 3.46. The van der Waals surface area contributed by atoms with Crippen LogP contribution in [0, 0.1) is 0 Å². The lowest BCUT2D eigenvalue weighted by Gasteiger charge is -2.17. The molecule has 1 unspecified atom stereocenters. The summed E-state index contributed by atoms with van der Waals surface area (Å²) in [6.07, 6.45) is 2.30. The first kappa shape index (κ1) is 14.6. The van der Waals surface area contributed by atoms with Gasteiger partial charge in [-0.15, -0.1) is 0 Å². The molecule has 110 valence electrons. The van der Waals surface area contributed by atoms with Gasteiger partial charge in [0, 0.05) is 0 Å². The number of aryl methyl sites for hydroxylation is 1. The summed E-state index contributed by atoms with van der Waals surface area (Å²) in [5.41, 5.74) is 5.55. The van der Waals surface area contributed by atoms with Gasteiger partial charge in [-0.1, -0.05) is 91.9 Å². The molecule has 3 aromatic carbocycles. The molecule has 0 saturated carbocycles. The van der Waals surface area contributed by atoms with Crippen molar-refractivity contribution >= 4 is 0 Å². The van der Waals surface area contributed by atoms with Gasteiger partial charge in [0.25, 0.3) is 0 Å². The maximum atomic E-state index is 2.34. The van der Waals surface area contributed by atoms with E-state index in [1.54, 1.807) is 0 Å². The van der Waals surface area contributed by atoms with Gasteiger partial charge in [0.05, 0.1) is 0 Å². The number of rotatable bonds is 5. The minimum atomic E-state index is 0.552. The van der Waals surface area contributed by atoms with Gasteiger partial charge in [-0.25, -0.2) is 0 Å². The Labute approximate surface area is 133 Å². The predicted molar refractivity (Wildman–Crippen MR) is 95.1 cm³/mol. The minimum Gasteiger partial charge on any atom is -0.0622 e. The predicted octanol–water partition coefficient (Wildman–Crippen LogP) is 6.09. The topological polar surface area (TPSA) is 0 Å². The molecule has 0 aliphatic rings. The number of hydrogen-bond donors (Lipinski definition) is 0. The Morgan fingerprint density at radius 1 is 0.682 bits per heavy atom. The maximum absolute atomic E-state index is 2.34. The number of benzene rings is 3. The average molecular weight is 286 g/mol. The largest absolute Gasteiger partial charge is 0.0622 e. The lowest BCUT2D eigenvalue weighted by atomic mass is 9.88. The van der Waals surface area contributed by atoms with E-state index in [9.17, 15) is 0 Å². The second kappa shape index (κ2) is 7.09. The zero-order valence-corrected chi connectivity index (χ0v) is 13.1. The molecule has 0 heterocycles. The van der Waals surface area contributed by atoms with E-state index in [1.165, 1.54) is 28.7 Å². The smallest absolute Gasteiger partial charge is 0.0149 e. The van der Waals surface area contributed by atoms with Gasteiger partial charge in [-0.05, 0) is 41.0 Å². The van der Waals surface area contributed by atoms with Crippen molar-refractivity contribution in [3.8, 4) is 11.1 Å². The van der Waals surface area contributed by atoms with E-state index < -0.39 is 0 Å². The molecular formula is C22H22. The molecule has 0 amide bonds. The molecule has 0 saturated heterocycles. The average Bonchev–Trinajstić information content (AvgIpc) is 2.61. The monoisotopic (exact) mass is 286 g/mol. The molecule has 0 nitrogen and oxygen atoms in total. The Hall–Kier alpha value is -2.34. The summed E-state index contributed by atoms with van der Waals surface area (Å²) in [7, 11) is 0. The van der Waals surface area contributed by atoms with E-state index in [-0.39, 0.29) is 0 Å². The van der Waals surface area contributed by atoms with Crippen LogP contribution in [-0.4, -0.2) is 0 Å². The Bertz CT molecular complexity index is 698. The molecule has 0 heteroatoms. The molecule has 0 bridgehead atoms. The fraction of sp³-hybridized carbons (Fsp3) is 0.182.